The van der Waals surface area contributed by atoms with Gasteiger partial charge in [-0.3, -0.25) is 0 Å². The molecule has 0 aromatic rings. The predicted molar refractivity (Wildman–Crippen MR) is 160 cm³/mol. The molecule has 0 radical (unpaired) electrons. The number of alkyl halides is 5. The third-order valence-electron chi connectivity index (χ3n) is 5.63. The van der Waals surface area contributed by atoms with Crippen molar-refractivity contribution in [1.29, 1.82) is 0 Å². The van der Waals surface area contributed by atoms with Gasteiger partial charge in [0.25, 0.3) is 0 Å². The SMILES string of the molecule is OCC(COCC(O)CCl)(COCC(O)CCl)COCC(COCC(O)CCl)(COCC(O)CCl)COCC(O)CCl. The van der Waals surface area contributed by atoms with E-state index in [1.807, 2.05) is 0 Å². The molecule has 6 N–H and O–H groups in total. The van der Waals surface area contributed by atoms with E-state index in [0.717, 1.165) is 0 Å². The van der Waals surface area contributed by atoms with Crippen LogP contribution in [0.25, 0.3) is 0 Å². The van der Waals surface area contributed by atoms with E-state index >= 15 is 0 Å². The Labute approximate surface area is 272 Å². The zero-order valence-electron chi connectivity index (χ0n) is 23.6. The summed E-state index contributed by atoms with van der Waals surface area (Å²) in [6.07, 6.45) is -4.61. The van der Waals surface area contributed by atoms with Crippen LogP contribution in [0.15, 0.2) is 0 Å². The molecule has 0 saturated heterocycles. The zero-order chi connectivity index (χ0) is 31.9. The van der Waals surface area contributed by atoms with Gasteiger partial charge in [0.15, 0.2) is 0 Å². The Hall–Kier alpha value is 0.970. The van der Waals surface area contributed by atoms with Crippen LogP contribution in [0.1, 0.15) is 0 Å². The maximum Gasteiger partial charge on any atom is 0.0908 e. The monoisotopic (exact) mass is 714 g/mol. The van der Waals surface area contributed by atoms with E-state index in [1.165, 1.54) is 0 Å². The summed E-state index contributed by atoms with van der Waals surface area (Å²) in [5.41, 5.74) is -2.15. The molecular formula is C25H47Cl5O12. The lowest BCUT2D eigenvalue weighted by atomic mass is 9.90. The molecule has 0 spiro atoms. The van der Waals surface area contributed by atoms with Gasteiger partial charge in [-0.25, -0.2) is 0 Å². The van der Waals surface area contributed by atoms with Gasteiger partial charge in [0.2, 0.25) is 0 Å². The smallest absolute Gasteiger partial charge is 0.0908 e. The Balaban J connectivity index is 5.79. The molecule has 0 aliphatic carbocycles. The first kappa shape index (κ1) is 43.0. The van der Waals surface area contributed by atoms with Crippen LogP contribution in [0.3, 0.4) is 0 Å². The van der Waals surface area contributed by atoms with Gasteiger partial charge in [0.05, 0.1) is 157 Å². The number of aliphatic hydroxyl groups is 6. The number of halogens is 5. The molecule has 0 aliphatic rings. The molecule has 17 heteroatoms. The van der Waals surface area contributed by atoms with Gasteiger partial charge >= 0.3 is 0 Å². The Morgan fingerprint density at radius 2 is 0.595 bits per heavy atom. The van der Waals surface area contributed by atoms with Gasteiger partial charge in [0, 0.05) is 0 Å². The normalized spacial score (nSPS) is 18.6. The van der Waals surface area contributed by atoms with Crippen molar-refractivity contribution in [2.75, 3.05) is 115 Å². The number of hydrogen-bond acceptors (Lipinski definition) is 12. The summed E-state index contributed by atoms with van der Waals surface area (Å²) < 4.78 is 34.4. The Bertz CT molecular complexity index is 574. The fourth-order valence-corrected chi connectivity index (χ4v) is 3.72. The van der Waals surface area contributed by atoms with Crippen molar-refractivity contribution in [3.8, 4) is 0 Å². The van der Waals surface area contributed by atoms with E-state index in [1.54, 1.807) is 0 Å². The lowest BCUT2D eigenvalue weighted by molar-refractivity contribution is -0.149. The topological polar surface area (TPSA) is 177 Å². The lowest BCUT2D eigenvalue weighted by Crippen LogP contribution is -2.46. The van der Waals surface area contributed by atoms with Crippen LogP contribution >= 0.6 is 58.0 Å². The third kappa shape index (κ3) is 20.2. The van der Waals surface area contributed by atoms with E-state index in [-0.39, 0.29) is 109 Å². The summed E-state index contributed by atoms with van der Waals surface area (Å²) >= 11 is 28.3. The molecular weight excluding hydrogens is 670 g/mol. The summed E-state index contributed by atoms with van der Waals surface area (Å²) in [5.74, 6) is -0.222. The van der Waals surface area contributed by atoms with Crippen molar-refractivity contribution < 1.29 is 59.1 Å². The summed E-state index contributed by atoms with van der Waals surface area (Å²) in [5, 5.41) is 59.4. The minimum absolute atomic E-state index is 0.0428. The Kier molecular flexibility index (Phi) is 26.7. The second-order valence-corrected chi connectivity index (χ2v) is 11.8. The fourth-order valence-electron chi connectivity index (χ4n) is 3.28. The molecule has 0 aromatic heterocycles. The molecule has 42 heavy (non-hydrogen) atoms. The van der Waals surface area contributed by atoms with Crippen LogP contribution in [0.5, 0.6) is 0 Å². The molecule has 254 valence electrons. The van der Waals surface area contributed by atoms with Crippen LogP contribution in [0, 0.1) is 10.8 Å². The van der Waals surface area contributed by atoms with Crippen LogP contribution in [0.2, 0.25) is 0 Å². The van der Waals surface area contributed by atoms with Gasteiger partial charge in [-0.15, -0.1) is 58.0 Å². The average Bonchev–Trinajstić information content (AvgIpc) is 2.99. The molecule has 0 rings (SSSR count). The highest BCUT2D eigenvalue weighted by Crippen LogP contribution is 2.25. The van der Waals surface area contributed by atoms with Crippen LogP contribution in [0.4, 0.5) is 0 Å². The quantitative estimate of drug-likeness (QED) is 0.0552. The van der Waals surface area contributed by atoms with Crippen molar-refractivity contribution in [3.63, 3.8) is 0 Å². The average molecular weight is 717 g/mol. The van der Waals surface area contributed by atoms with Gasteiger partial charge in [0.1, 0.15) is 0 Å². The summed E-state index contributed by atoms with van der Waals surface area (Å²) in [6, 6.07) is 0. The zero-order valence-corrected chi connectivity index (χ0v) is 27.4. The molecule has 0 amide bonds. The first-order valence-electron chi connectivity index (χ1n) is 13.3. The van der Waals surface area contributed by atoms with Crippen molar-refractivity contribution in [2.45, 2.75) is 30.5 Å². The first-order valence-corrected chi connectivity index (χ1v) is 16.0. The molecule has 5 unspecified atom stereocenters. The molecule has 5 atom stereocenters. The minimum Gasteiger partial charge on any atom is -0.396 e. The van der Waals surface area contributed by atoms with E-state index in [9.17, 15) is 30.6 Å². The third-order valence-corrected chi connectivity index (χ3v) is 7.42. The molecule has 0 fully saturated rings. The number of ether oxygens (including phenoxy) is 6. The van der Waals surface area contributed by atoms with Gasteiger partial charge in [-0.2, -0.15) is 0 Å². The van der Waals surface area contributed by atoms with Crippen molar-refractivity contribution in [3.05, 3.63) is 0 Å². The standard InChI is InChI=1S/C25H47Cl5O12/c26-1-19(32)6-37-12-24(11-31,13-38-7-20(33)2-27)14-42-18-25(15-39-8-21(34)3-28,16-40-9-22(35)4-29)17-41-10-23(36)5-30/h19-23,31-36H,1-18H2. The van der Waals surface area contributed by atoms with E-state index in [0.29, 0.717) is 0 Å². The summed E-state index contributed by atoms with van der Waals surface area (Å²) in [4.78, 5) is 0. The molecule has 0 saturated carbocycles. The van der Waals surface area contributed by atoms with Crippen molar-refractivity contribution >= 4 is 58.0 Å². The van der Waals surface area contributed by atoms with E-state index < -0.39 is 48.0 Å². The Morgan fingerprint density at radius 3 is 0.833 bits per heavy atom. The molecule has 0 aromatic carbocycles. The van der Waals surface area contributed by atoms with Crippen LogP contribution in [-0.4, -0.2) is 176 Å². The predicted octanol–water partition coefficient (Wildman–Crippen LogP) is 0.0496. The molecule has 0 bridgehead atoms. The highest BCUT2D eigenvalue weighted by molar-refractivity contribution is 6.19. The van der Waals surface area contributed by atoms with Gasteiger partial charge in [-0.1, -0.05) is 0 Å². The number of aliphatic hydroxyl groups excluding tert-OH is 6. The summed E-state index contributed by atoms with van der Waals surface area (Å²) in [6.45, 7) is -1.39. The van der Waals surface area contributed by atoms with Crippen molar-refractivity contribution in [2.24, 2.45) is 10.8 Å². The summed E-state index contributed by atoms with van der Waals surface area (Å²) in [7, 11) is 0. The maximum atomic E-state index is 10.3. The second kappa shape index (κ2) is 26.1. The number of hydrogen-bond donors (Lipinski definition) is 6. The maximum absolute atomic E-state index is 10.3. The van der Waals surface area contributed by atoms with Crippen molar-refractivity contribution in [1.82, 2.24) is 0 Å². The first-order chi connectivity index (χ1) is 20.0. The van der Waals surface area contributed by atoms with Crippen LogP contribution in [-0.2, 0) is 28.4 Å². The Morgan fingerprint density at radius 1 is 0.381 bits per heavy atom. The van der Waals surface area contributed by atoms with E-state index in [4.69, 9.17) is 86.4 Å². The van der Waals surface area contributed by atoms with Gasteiger partial charge in [-0.05, 0) is 0 Å². The minimum atomic E-state index is -1.12. The van der Waals surface area contributed by atoms with E-state index in [2.05, 4.69) is 0 Å². The van der Waals surface area contributed by atoms with Crippen LogP contribution < -0.4 is 0 Å². The fraction of sp³-hybridized carbons (Fsp3) is 1.00. The highest BCUT2D eigenvalue weighted by atomic mass is 35.5. The van der Waals surface area contributed by atoms with Gasteiger partial charge < -0.3 is 59.1 Å². The highest BCUT2D eigenvalue weighted by Gasteiger charge is 2.37. The molecule has 12 nitrogen and oxygen atoms in total. The molecule has 0 aliphatic heterocycles. The lowest BCUT2D eigenvalue weighted by Gasteiger charge is -2.36. The number of rotatable bonds is 30. The largest absolute Gasteiger partial charge is 0.396 e. The molecule has 0 heterocycles. The second-order valence-electron chi connectivity index (χ2n) is 10.3.